The van der Waals surface area contributed by atoms with Crippen LogP contribution in [0, 0.1) is 0 Å². The molecule has 92 valence electrons. The number of rotatable bonds is 2. The Hall–Kier alpha value is -2.33. The first-order chi connectivity index (χ1) is 9.40. The molecule has 0 amide bonds. The van der Waals surface area contributed by atoms with Gasteiger partial charge in [0, 0.05) is 10.8 Å². The molecule has 0 aliphatic rings. The molecule has 1 aromatic carbocycles. The van der Waals surface area contributed by atoms with Gasteiger partial charge in [-0.15, -0.1) is 11.3 Å². The second-order valence-corrected chi connectivity index (χ2v) is 5.02. The molecule has 0 fully saturated rings. The van der Waals surface area contributed by atoms with E-state index in [0.29, 0.717) is 0 Å². The van der Waals surface area contributed by atoms with Crippen molar-refractivity contribution in [2.45, 2.75) is 0 Å². The van der Waals surface area contributed by atoms with Crippen molar-refractivity contribution in [2.24, 2.45) is 0 Å². The van der Waals surface area contributed by atoms with Gasteiger partial charge in [0.05, 0.1) is 6.26 Å². The lowest BCUT2D eigenvalue weighted by molar-refractivity contribution is 0.581. The van der Waals surface area contributed by atoms with E-state index >= 15 is 0 Å². The number of hydrogen-bond acceptors (Lipinski definition) is 4. The maximum absolute atomic E-state index is 5.80. The van der Waals surface area contributed by atoms with Crippen LogP contribution in [0.25, 0.3) is 33.2 Å². The van der Waals surface area contributed by atoms with Gasteiger partial charge in [0.25, 0.3) is 0 Å². The van der Waals surface area contributed by atoms with Crippen LogP contribution in [-0.2, 0) is 0 Å². The van der Waals surface area contributed by atoms with Gasteiger partial charge in [0.1, 0.15) is 11.3 Å². The highest BCUT2D eigenvalue weighted by Gasteiger charge is 2.12. The second-order valence-electron chi connectivity index (χ2n) is 4.16. The normalized spacial score (nSPS) is 11.2. The first kappa shape index (κ1) is 10.6. The summed E-state index contributed by atoms with van der Waals surface area (Å²) < 4.78 is 11.1. The van der Waals surface area contributed by atoms with Crippen LogP contribution in [0.1, 0.15) is 0 Å². The average molecular weight is 267 g/mol. The lowest BCUT2D eigenvalue weighted by atomic mass is 10.2. The molecule has 4 aromatic rings. The summed E-state index contributed by atoms with van der Waals surface area (Å²) in [6, 6.07) is 13.7. The molecule has 3 heterocycles. The van der Waals surface area contributed by atoms with Crippen LogP contribution < -0.4 is 0 Å². The van der Waals surface area contributed by atoms with E-state index in [2.05, 4.69) is 4.98 Å². The molecule has 0 radical (unpaired) electrons. The van der Waals surface area contributed by atoms with E-state index < -0.39 is 0 Å². The third-order valence-electron chi connectivity index (χ3n) is 2.91. The standard InChI is InChI=1S/C15H9NO2S/c1-2-5-12-10(4-1)8-14(18-12)11-9-19-15(16-11)13-6-3-7-17-13/h1-9H. The zero-order valence-corrected chi connectivity index (χ0v) is 10.7. The Morgan fingerprint density at radius 3 is 2.79 bits per heavy atom. The Morgan fingerprint density at radius 1 is 1.00 bits per heavy atom. The number of thiazole rings is 1. The first-order valence-electron chi connectivity index (χ1n) is 5.88. The van der Waals surface area contributed by atoms with Gasteiger partial charge in [-0.1, -0.05) is 18.2 Å². The van der Waals surface area contributed by atoms with Gasteiger partial charge in [-0.3, -0.25) is 0 Å². The molecule has 4 heteroatoms. The molecule has 19 heavy (non-hydrogen) atoms. The van der Waals surface area contributed by atoms with Crippen LogP contribution in [0.5, 0.6) is 0 Å². The lowest BCUT2D eigenvalue weighted by Crippen LogP contribution is -1.74. The van der Waals surface area contributed by atoms with E-state index in [4.69, 9.17) is 8.83 Å². The summed E-state index contributed by atoms with van der Waals surface area (Å²) >= 11 is 1.55. The summed E-state index contributed by atoms with van der Waals surface area (Å²) in [6.07, 6.45) is 1.65. The molecule has 0 bridgehead atoms. The molecule has 0 atom stereocenters. The van der Waals surface area contributed by atoms with Crippen molar-refractivity contribution in [2.75, 3.05) is 0 Å². The van der Waals surface area contributed by atoms with Gasteiger partial charge >= 0.3 is 0 Å². The molecule has 0 aliphatic heterocycles. The summed E-state index contributed by atoms with van der Waals surface area (Å²) in [5, 5.41) is 3.93. The predicted molar refractivity (Wildman–Crippen MR) is 75.0 cm³/mol. The van der Waals surface area contributed by atoms with Crippen molar-refractivity contribution in [3.63, 3.8) is 0 Å². The molecule has 4 rings (SSSR count). The Bertz CT molecular complexity index is 794. The maximum atomic E-state index is 5.80. The number of hydrogen-bond donors (Lipinski definition) is 0. The van der Waals surface area contributed by atoms with Crippen molar-refractivity contribution in [1.29, 1.82) is 0 Å². The van der Waals surface area contributed by atoms with E-state index in [0.717, 1.165) is 33.2 Å². The van der Waals surface area contributed by atoms with E-state index in [-0.39, 0.29) is 0 Å². The molecule has 0 aliphatic carbocycles. The van der Waals surface area contributed by atoms with Crippen molar-refractivity contribution < 1.29 is 8.83 Å². The summed E-state index contributed by atoms with van der Waals surface area (Å²) in [6.45, 7) is 0. The number of aromatic nitrogens is 1. The highest BCUT2D eigenvalue weighted by atomic mass is 32.1. The minimum absolute atomic E-state index is 0.785. The zero-order chi connectivity index (χ0) is 12.7. The summed E-state index contributed by atoms with van der Waals surface area (Å²) in [5.41, 5.74) is 1.72. The Labute approximate surface area is 113 Å². The maximum Gasteiger partial charge on any atom is 0.162 e. The first-order valence-corrected chi connectivity index (χ1v) is 6.76. The molecule has 3 aromatic heterocycles. The number of benzene rings is 1. The van der Waals surface area contributed by atoms with E-state index in [1.165, 1.54) is 0 Å². The number of furan rings is 2. The summed E-state index contributed by atoms with van der Waals surface area (Å²) in [4.78, 5) is 4.55. The van der Waals surface area contributed by atoms with E-state index in [1.54, 1.807) is 17.6 Å². The highest BCUT2D eigenvalue weighted by Crippen LogP contribution is 2.32. The van der Waals surface area contributed by atoms with Gasteiger partial charge < -0.3 is 8.83 Å². The number of para-hydroxylation sites is 1. The van der Waals surface area contributed by atoms with Crippen LogP contribution in [0.3, 0.4) is 0 Å². The molecular formula is C15H9NO2S. The molecule has 0 N–H and O–H groups in total. The minimum atomic E-state index is 0.785. The molecule has 0 saturated carbocycles. The van der Waals surface area contributed by atoms with Gasteiger partial charge in [-0.2, -0.15) is 0 Å². The van der Waals surface area contributed by atoms with E-state index in [9.17, 15) is 0 Å². The van der Waals surface area contributed by atoms with Crippen LogP contribution in [0.2, 0.25) is 0 Å². The molecule has 0 saturated heterocycles. The highest BCUT2D eigenvalue weighted by molar-refractivity contribution is 7.13. The zero-order valence-electron chi connectivity index (χ0n) is 9.87. The summed E-state index contributed by atoms with van der Waals surface area (Å²) in [5.74, 6) is 1.57. The molecule has 3 nitrogen and oxygen atoms in total. The fraction of sp³-hybridized carbons (Fsp3) is 0. The van der Waals surface area contributed by atoms with Gasteiger partial charge in [0.15, 0.2) is 16.5 Å². The summed E-state index contributed by atoms with van der Waals surface area (Å²) in [7, 11) is 0. The van der Waals surface area contributed by atoms with Crippen molar-refractivity contribution in [1.82, 2.24) is 4.98 Å². The largest absolute Gasteiger partial charge is 0.462 e. The van der Waals surface area contributed by atoms with Crippen LogP contribution >= 0.6 is 11.3 Å². The number of fused-ring (bicyclic) bond motifs is 1. The fourth-order valence-electron chi connectivity index (χ4n) is 2.01. The predicted octanol–water partition coefficient (Wildman–Crippen LogP) is 4.82. The van der Waals surface area contributed by atoms with Gasteiger partial charge in [-0.05, 0) is 24.3 Å². The SMILES string of the molecule is c1coc(-c2nc(-c3cc4ccccc4o3)cs2)c1. The Kier molecular flexibility index (Phi) is 2.28. The van der Waals surface area contributed by atoms with Crippen LogP contribution in [0.4, 0.5) is 0 Å². The Morgan fingerprint density at radius 2 is 1.95 bits per heavy atom. The third-order valence-corrected chi connectivity index (χ3v) is 3.77. The third kappa shape index (κ3) is 1.77. The smallest absolute Gasteiger partial charge is 0.162 e. The lowest BCUT2D eigenvalue weighted by Gasteiger charge is -1.88. The van der Waals surface area contributed by atoms with Crippen molar-refractivity contribution >= 4 is 22.3 Å². The van der Waals surface area contributed by atoms with Crippen LogP contribution in [-0.4, -0.2) is 4.98 Å². The van der Waals surface area contributed by atoms with Gasteiger partial charge in [0.2, 0.25) is 0 Å². The topological polar surface area (TPSA) is 39.2 Å². The van der Waals surface area contributed by atoms with E-state index in [1.807, 2.05) is 47.8 Å². The minimum Gasteiger partial charge on any atom is -0.462 e. The molecule has 0 unspecified atom stereocenters. The molecule has 0 spiro atoms. The monoisotopic (exact) mass is 267 g/mol. The Balaban J connectivity index is 1.80. The fourth-order valence-corrected chi connectivity index (χ4v) is 2.78. The molecular weight excluding hydrogens is 258 g/mol. The van der Waals surface area contributed by atoms with Crippen LogP contribution in [0.15, 0.2) is 62.9 Å². The van der Waals surface area contributed by atoms with Crippen molar-refractivity contribution in [3.8, 4) is 22.2 Å². The number of nitrogens with zero attached hydrogens (tertiary/aromatic N) is 1. The van der Waals surface area contributed by atoms with Gasteiger partial charge in [-0.25, -0.2) is 4.98 Å². The second kappa shape index (κ2) is 4.10. The average Bonchev–Trinajstić information content (AvgIpc) is 3.17. The van der Waals surface area contributed by atoms with Crippen molar-refractivity contribution in [3.05, 3.63) is 54.1 Å². The quantitative estimate of drug-likeness (QED) is 0.523.